The van der Waals surface area contributed by atoms with E-state index in [2.05, 4.69) is 15.3 Å². The van der Waals surface area contributed by atoms with E-state index in [1.807, 2.05) is 6.07 Å². The van der Waals surface area contributed by atoms with Crippen LogP contribution in [-0.2, 0) is 6.54 Å². The van der Waals surface area contributed by atoms with Crippen molar-refractivity contribution in [3.8, 4) is 5.75 Å². The molecule has 0 saturated heterocycles. The van der Waals surface area contributed by atoms with Crippen molar-refractivity contribution in [1.29, 1.82) is 0 Å². The Balaban J connectivity index is 0.00000180. The average molecular weight is 376 g/mol. The molecular weight excluding hydrogens is 355 g/mol. The summed E-state index contributed by atoms with van der Waals surface area (Å²) < 4.78 is 5.23. The third-order valence-corrected chi connectivity index (χ3v) is 3.30. The second-order valence-corrected chi connectivity index (χ2v) is 4.57. The van der Waals surface area contributed by atoms with Gasteiger partial charge in [0.05, 0.1) is 13.7 Å². The largest absolute Gasteiger partial charge is 0.496 e. The van der Waals surface area contributed by atoms with Crippen molar-refractivity contribution in [3.05, 3.63) is 24.0 Å². The number of guanidine groups is 1. The third kappa shape index (κ3) is 4.85. The fourth-order valence-corrected chi connectivity index (χ4v) is 1.90. The van der Waals surface area contributed by atoms with Gasteiger partial charge in [-0.2, -0.15) is 0 Å². The predicted octanol–water partition coefficient (Wildman–Crippen LogP) is 1.91. The van der Waals surface area contributed by atoms with E-state index >= 15 is 0 Å². The molecule has 0 spiro atoms. The number of hydrogen-bond acceptors (Lipinski definition) is 3. The molecule has 0 radical (unpaired) electrons. The van der Waals surface area contributed by atoms with Crippen LogP contribution in [0.25, 0.3) is 0 Å². The number of nitrogens with one attached hydrogen (secondary N) is 1. The van der Waals surface area contributed by atoms with Crippen molar-refractivity contribution in [2.24, 2.45) is 16.6 Å². The third-order valence-electron chi connectivity index (χ3n) is 3.30. The predicted molar refractivity (Wildman–Crippen MR) is 86.9 cm³/mol. The normalized spacial score (nSPS) is 15.3. The molecule has 2 rings (SSSR count). The molecule has 3 N–H and O–H groups in total. The maximum Gasteiger partial charge on any atom is 0.188 e. The second kappa shape index (κ2) is 8.19. The van der Waals surface area contributed by atoms with E-state index in [1.54, 1.807) is 19.5 Å². The minimum atomic E-state index is 0. The Hall–Kier alpha value is -1.05. The molecule has 1 saturated carbocycles. The minimum Gasteiger partial charge on any atom is -0.496 e. The molecule has 1 aromatic rings. The molecule has 1 aliphatic rings. The van der Waals surface area contributed by atoms with Crippen molar-refractivity contribution < 1.29 is 4.74 Å². The Morgan fingerprint density at radius 2 is 2.37 bits per heavy atom. The highest BCUT2D eigenvalue weighted by molar-refractivity contribution is 14.0. The number of aliphatic imine (C=N–C) groups is 1. The van der Waals surface area contributed by atoms with E-state index in [9.17, 15) is 0 Å². The lowest BCUT2D eigenvalue weighted by molar-refractivity contribution is 0.315. The van der Waals surface area contributed by atoms with E-state index in [4.69, 9.17) is 10.5 Å². The van der Waals surface area contributed by atoms with Gasteiger partial charge in [-0.15, -0.1) is 24.0 Å². The van der Waals surface area contributed by atoms with Crippen LogP contribution >= 0.6 is 24.0 Å². The molecule has 0 aromatic carbocycles. The molecule has 0 atom stereocenters. The van der Waals surface area contributed by atoms with Crippen LogP contribution in [-0.4, -0.2) is 24.6 Å². The van der Waals surface area contributed by atoms with Gasteiger partial charge in [0.1, 0.15) is 5.75 Å². The SMILES string of the molecule is COc1ccncc1CN=C(N)NCC1CCC1.I. The van der Waals surface area contributed by atoms with Crippen LogP contribution in [0.2, 0.25) is 0 Å². The highest BCUT2D eigenvalue weighted by atomic mass is 127. The summed E-state index contributed by atoms with van der Waals surface area (Å²) in [5.74, 6) is 2.06. The molecule has 6 heteroatoms. The first-order chi connectivity index (χ1) is 8.79. The lowest BCUT2D eigenvalue weighted by Crippen LogP contribution is -2.37. The number of halogens is 1. The Bertz CT molecular complexity index is 421. The number of nitrogens with zero attached hydrogens (tertiary/aromatic N) is 2. The van der Waals surface area contributed by atoms with Crippen LogP contribution in [0.15, 0.2) is 23.5 Å². The molecule has 1 heterocycles. The van der Waals surface area contributed by atoms with Crippen molar-refractivity contribution in [2.75, 3.05) is 13.7 Å². The van der Waals surface area contributed by atoms with Crippen LogP contribution in [0, 0.1) is 5.92 Å². The topological polar surface area (TPSA) is 72.5 Å². The summed E-state index contributed by atoms with van der Waals surface area (Å²) >= 11 is 0. The summed E-state index contributed by atoms with van der Waals surface area (Å²) in [6.45, 7) is 1.42. The number of nitrogens with two attached hydrogens (primary N) is 1. The molecule has 0 bridgehead atoms. The van der Waals surface area contributed by atoms with E-state index in [1.165, 1.54) is 19.3 Å². The standard InChI is InChI=1S/C13H20N4O.HI/c1-18-12-5-6-15-8-11(12)9-17-13(14)16-7-10-3-2-4-10;/h5-6,8,10H,2-4,7,9H2,1H3,(H3,14,16,17);1H. The number of aromatic nitrogens is 1. The number of ether oxygens (including phenoxy) is 1. The van der Waals surface area contributed by atoms with Gasteiger partial charge >= 0.3 is 0 Å². The zero-order valence-corrected chi connectivity index (χ0v) is 13.5. The van der Waals surface area contributed by atoms with Gasteiger partial charge in [-0.3, -0.25) is 4.98 Å². The maximum absolute atomic E-state index is 5.82. The Morgan fingerprint density at radius 3 is 3.00 bits per heavy atom. The molecule has 1 aliphatic carbocycles. The van der Waals surface area contributed by atoms with E-state index in [-0.39, 0.29) is 24.0 Å². The van der Waals surface area contributed by atoms with Crippen molar-refractivity contribution in [2.45, 2.75) is 25.8 Å². The fraction of sp³-hybridized carbons (Fsp3) is 0.538. The van der Waals surface area contributed by atoms with Crippen LogP contribution in [0.3, 0.4) is 0 Å². The second-order valence-electron chi connectivity index (χ2n) is 4.57. The van der Waals surface area contributed by atoms with Gasteiger partial charge in [0.15, 0.2) is 5.96 Å². The highest BCUT2D eigenvalue weighted by Crippen LogP contribution is 2.25. The smallest absolute Gasteiger partial charge is 0.188 e. The van der Waals surface area contributed by atoms with Crippen molar-refractivity contribution in [3.63, 3.8) is 0 Å². The van der Waals surface area contributed by atoms with Crippen LogP contribution < -0.4 is 15.8 Å². The molecule has 0 aliphatic heterocycles. The Morgan fingerprint density at radius 1 is 1.58 bits per heavy atom. The van der Waals surface area contributed by atoms with Gasteiger partial charge < -0.3 is 15.8 Å². The zero-order valence-electron chi connectivity index (χ0n) is 11.1. The first-order valence-corrected chi connectivity index (χ1v) is 6.30. The van der Waals surface area contributed by atoms with Gasteiger partial charge in [0.2, 0.25) is 0 Å². The van der Waals surface area contributed by atoms with E-state index < -0.39 is 0 Å². The van der Waals surface area contributed by atoms with Gasteiger partial charge in [0, 0.05) is 24.5 Å². The fourth-order valence-electron chi connectivity index (χ4n) is 1.90. The number of methoxy groups -OCH3 is 1. The summed E-state index contributed by atoms with van der Waals surface area (Å²) in [6, 6.07) is 1.82. The summed E-state index contributed by atoms with van der Waals surface area (Å²) in [4.78, 5) is 8.35. The minimum absolute atomic E-state index is 0. The lowest BCUT2D eigenvalue weighted by atomic mass is 9.85. The Kier molecular flexibility index (Phi) is 6.90. The number of hydrogen-bond donors (Lipinski definition) is 2. The van der Waals surface area contributed by atoms with E-state index in [0.29, 0.717) is 12.5 Å². The molecule has 0 unspecified atom stereocenters. The summed E-state index contributed by atoms with van der Waals surface area (Å²) in [7, 11) is 1.64. The van der Waals surface area contributed by atoms with Crippen LogP contribution in [0.1, 0.15) is 24.8 Å². The van der Waals surface area contributed by atoms with Gasteiger partial charge in [-0.1, -0.05) is 6.42 Å². The van der Waals surface area contributed by atoms with Crippen molar-refractivity contribution in [1.82, 2.24) is 10.3 Å². The Labute approximate surface area is 131 Å². The lowest BCUT2D eigenvalue weighted by Gasteiger charge is -2.25. The van der Waals surface area contributed by atoms with Crippen LogP contribution in [0.5, 0.6) is 5.75 Å². The molecule has 19 heavy (non-hydrogen) atoms. The van der Waals surface area contributed by atoms with Gasteiger partial charge in [-0.05, 0) is 24.8 Å². The monoisotopic (exact) mass is 376 g/mol. The highest BCUT2D eigenvalue weighted by Gasteiger charge is 2.16. The molecule has 0 amide bonds. The quantitative estimate of drug-likeness (QED) is 0.468. The van der Waals surface area contributed by atoms with Crippen molar-refractivity contribution >= 4 is 29.9 Å². The summed E-state index contributed by atoms with van der Waals surface area (Å²) in [5.41, 5.74) is 6.76. The number of pyridine rings is 1. The maximum atomic E-state index is 5.82. The molecular formula is C13H21IN4O. The summed E-state index contributed by atoms with van der Waals surface area (Å²) in [5, 5.41) is 3.16. The first kappa shape index (κ1) is 16.0. The van der Waals surface area contributed by atoms with Crippen LogP contribution in [0.4, 0.5) is 0 Å². The number of rotatable bonds is 5. The molecule has 106 valence electrons. The zero-order chi connectivity index (χ0) is 12.8. The van der Waals surface area contributed by atoms with E-state index in [0.717, 1.165) is 23.8 Å². The molecule has 5 nitrogen and oxygen atoms in total. The average Bonchev–Trinajstić information content (AvgIpc) is 2.35. The van der Waals surface area contributed by atoms with Gasteiger partial charge in [-0.25, -0.2) is 4.99 Å². The van der Waals surface area contributed by atoms with Gasteiger partial charge in [0.25, 0.3) is 0 Å². The first-order valence-electron chi connectivity index (χ1n) is 6.30. The molecule has 1 aromatic heterocycles. The summed E-state index contributed by atoms with van der Waals surface area (Å²) in [6.07, 6.45) is 7.40. The molecule has 1 fully saturated rings.